The molecule has 1 aliphatic heterocycles. The van der Waals surface area contributed by atoms with Crippen molar-refractivity contribution in [2.75, 3.05) is 4.90 Å². The van der Waals surface area contributed by atoms with E-state index >= 15 is 0 Å². The molecule has 1 aliphatic rings. The Balaban J connectivity index is 1.72. The first-order chi connectivity index (χ1) is 14.7. The first-order valence-electron chi connectivity index (χ1n) is 9.88. The van der Waals surface area contributed by atoms with Crippen LogP contribution in [0.25, 0.3) is 0 Å². The number of fused-ring (bicyclic) bond motifs is 1. The molecule has 6 heteroatoms. The van der Waals surface area contributed by atoms with Gasteiger partial charge in [0, 0.05) is 20.6 Å². The molecule has 3 aromatic carbocycles. The minimum absolute atomic E-state index is 0.318. The largest absolute Gasteiger partial charge is 0.375 e. The Bertz CT molecular complexity index is 1190. The van der Waals surface area contributed by atoms with Gasteiger partial charge in [-0.15, -0.1) is 0 Å². The molecule has 0 bridgehead atoms. The molecule has 0 saturated heterocycles. The predicted octanol–water partition coefficient (Wildman–Crippen LogP) is 5.73. The highest BCUT2D eigenvalue weighted by Gasteiger charge is 2.51. The summed E-state index contributed by atoms with van der Waals surface area (Å²) in [5.41, 5.74) is 2.65. The highest BCUT2D eigenvalue weighted by Crippen LogP contribution is 2.45. The van der Waals surface area contributed by atoms with E-state index in [9.17, 15) is 14.7 Å². The van der Waals surface area contributed by atoms with E-state index in [0.29, 0.717) is 28.4 Å². The molecular formula is C25H21BrClNO3. The Morgan fingerprint density at radius 3 is 2.48 bits per heavy atom. The fraction of sp³-hybridized carbons (Fsp3) is 0.200. The third-order valence-electron chi connectivity index (χ3n) is 5.71. The molecule has 0 aromatic heterocycles. The van der Waals surface area contributed by atoms with E-state index in [1.807, 2.05) is 38.1 Å². The second-order valence-corrected chi connectivity index (χ2v) is 9.30. The van der Waals surface area contributed by atoms with Crippen molar-refractivity contribution in [3.8, 4) is 0 Å². The van der Waals surface area contributed by atoms with Crippen LogP contribution < -0.4 is 4.90 Å². The number of benzene rings is 3. The van der Waals surface area contributed by atoms with Gasteiger partial charge in [-0.25, -0.2) is 0 Å². The van der Waals surface area contributed by atoms with E-state index in [1.165, 1.54) is 0 Å². The number of carbonyl (C=O) groups excluding carboxylic acids is 2. The average Bonchev–Trinajstić information content (AvgIpc) is 2.92. The van der Waals surface area contributed by atoms with Crippen LogP contribution in [0.4, 0.5) is 5.69 Å². The van der Waals surface area contributed by atoms with Gasteiger partial charge in [-0.3, -0.25) is 9.59 Å². The molecule has 0 unspecified atom stereocenters. The zero-order valence-electron chi connectivity index (χ0n) is 17.2. The summed E-state index contributed by atoms with van der Waals surface area (Å²) in [4.78, 5) is 28.0. The number of ketones is 1. The first kappa shape index (κ1) is 21.8. The van der Waals surface area contributed by atoms with Crippen LogP contribution in [0, 0.1) is 13.8 Å². The maximum atomic E-state index is 13.5. The lowest BCUT2D eigenvalue weighted by atomic mass is 9.88. The van der Waals surface area contributed by atoms with Crippen LogP contribution in [0.1, 0.15) is 39.0 Å². The minimum Gasteiger partial charge on any atom is -0.375 e. The zero-order valence-corrected chi connectivity index (χ0v) is 19.5. The summed E-state index contributed by atoms with van der Waals surface area (Å²) < 4.78 is 0.727. The average molecular weight is 499 g/mol. The summed E-state index contributed by atoms with van der Waals surface area (Å²) in [6.07, 6.45) is -0.347. The lowest BCUT2D eigenvalue weighted by molar-refractivity contribution is -0.136. The van der Waals surface area contributed by atoms with Crippen molar-refractivity contribution < 1.29 is 14.7 Å². The number of rotatable bonds is 5. The number of hydrogen-bond donors (Lipinski definition) is 1. The highest BCUT2D eigenvalue weighted by molar-refractivity contribution is 9.10. The summed E-state index contributed by atoms with van der Waals surface area (Å²) in [6.45, 7) is 4.31. The smallest absolute Gasteiger partial charge is 0.264 e. The van der Waals surface area contributed by atoms with Crippen LogP contribution in [0.5, 0.6) is 0 Å². The number of halogens is 2. The molecule has 0 aliphatic carbocycles. The second-order valence-electron chi connectivity index (χ2n) is 7.95. The standard InChI is InChI=1S/C25H21BrClNO3/c1-15-3-4-16(2)18(11-15)14-28-22-10-7-19(26)12-21(22)25(31,24(28)30)13-23(29)17-5-8-20(27)9-6-17/h3-12,31H,13-14H2,1-2H3/t25-/m0/s1. The lowest BCUT2D eigenvalue weighted by Gasteiger charge is -2.23. The molecule has 0 radical (unpaired) electrons. The van der Waals surface area contributed by atoms with Crippen LogP contribution in [-0.2, 0) is 16.9 Å². The van der Waals surface area contributed by atoms with E-state index in [0.717, 1.165) is 21.2 Å². The number of aliphatic hydroxyl groups is 1. The van der Waals surface area contributed by atoms with Crippen molar-refractivity contribution in [1.82, 2.24) is 0 Å². The summed E-state index contributed by atoms with van der Waals surface area (Å²) in [5, 5.41) is 12.1. The summed E-state index contributed by atoms with van der Waals surface area (Å²) >= 11 is 9.34. The molecule has 0 spiro atoms. The molecule has 1 amide bonds. The van der Waals surface area contributed by atoms with Crippen LogP contribution in [0.15, 0.2) is 65.1 Å². The van der Waals surface area contributed by atoms with Crippen molar-refractivity contribution in [3.63, 3.8) is 0 Å². The van der Waals surface area contributed by atoms with Gasteiger partial charge < -0.3 is 10.0 Å². The number of hydrogen-bond acceptors (Lipinski definition) is 3. The van der Waals surface area contributed by atoms with Crippen LogP contribution in [-0.4, -0.2) is 16.8 Å². The molecule has 1 heterocycles. The molecule has 0 saturated carbocycles. The van der Waals surface area contributed by atoms with Crippen molar-refractivity contribution in [2.24, 2.45) is 0 Å². The van der Waals surface area contributed by atoms with Crippen LogP contribution in [0.2, 0.25) is 5.02 Å². The Kier molecular flexibility index (Phi) is 5.77. The van der Waals surface area contributed by atoms with Crippen molar-refractivity contribution >= 4 is 44.9 Å². The Morgan fingerprint density at radius 2 is 1.77 bits per heavy atom. The molecule has 0 fully saturated rings. The van der Waals surface area contributed by atoms with Gasteiger partial charge >= 0.3 is 0 Å². The van der Waals surface area contributed by atoms with Gasteiger partial charge in [-0.05, 0) is 67.4 Å². The highest BCUT2D eigenvalue weighted by atomic mass is 79.9. The minimum atomic E-state index is -1.94. The molecule has 31 heavy (non-hydrogen) atoms. The van der Waals surface area contributed by atoms with Gasteiger partial charge in [-0.2, -0.15) is 0 Å². The van der Waals surface area contributed by atoms with E-state index in [-0.39, 0.29) is 12.2 Å². The topological polar surface area (TPSA) is 57.6 Å². The number of anilines is 1. The van der Waals surface area contributed by atoms with Crippen molar-refractivity contribution in [1.29, 1.82) is 0 Å². The first-order valence-corrected chi connectivity index (χ1v) is 11.1. The molecular weight excluding hydrogens is 478 g/mol. The predicted molar refractivity (Wildman–Crippen MR) is 126 cm³/mol. The van der Waals surface area contributed by atoms with E-state index in [2.05, 4.69) is 15.9 Å². The molecule has 4 nitrogen and oxygen atoms in total. The summed E-state index contributed by atoms with van der Waals surface area (Å²) in [5.74, 6) is -0.823. The maximum Gasteiger partial charge on any atom is 0.264 e. The van der Waals surface area contributed by atoms with E-state index in [1.54, 1.807) is 41.3 Å². The van der Waals surface area contributed by atoms with Gasteiger partial charge in [0.2, 0.25) is 0 Å². The second kappa shape index (κ2) is 8.23. The molecule has 1 N–H and O–H groups in total. The fourth-order valence-corrected chi connectivity index (χ4v) is 4.45. The summed E-state index contributed by atoms with van der Waals surface area (Å²) in [6, 6.07) is 17.9. The van der Waals surface area contributed by atoms with Gasteiger partial charge in [0.25, 0.3) is 5.91 Å². The van der Waals surface area contributed by atoms with Crippen molar-refractivity contribution in [2.45, 2.75) is 32.4 Å². The van der Waals surface area contributed by atoms with Crippen LogP contribution >= 0.6 is 27.5 Å². The lowest BCUT2D eigenvalue weighted by Crippen LogP contribution is -2.41. The van der Waals surface area contributed by atoms with Gasteiger partial charge in [0.1, 0.15) is 0 Å². The Hall–Kier alpha value is -2.47. The number of carbonyl (C=O) groups is 2. The normalized spacial score (nSPS) is 17.7. The number of Topliss-reactive ketones (excluding diaryl/α,β-unsaturated/α-hetero) is 1. The Morgan fingerprint density at radius 1 is 1.06 bits per heavy atom. The van der Waals surface area contributed by atoms with Gasteiger partial charge in [0.05, 0.1) is 18.7 Å². The third kappa shape index (κ3) is 4.05. The van der Waals surface area contributed by atoms with Crippen LogP contribution in [0.3, 0.4) is 0 Å². The molecule has 4 rings (SSSR count). The fourth-order valence-electron chi connectivity index (χ4n) is 3.96. The Labute approximate surface area is 194 Å². The SMILES string of the molecule is Cc1ccc(C)c(CN2C(=O)[C@](O)(CC(=O)c3ccc(Cl)cc3)c3cc(Br)ccc32)c1. The maximum absolute atomic E-state index is 13.5. The third-order valence-corrected chi connectivity index (χ3v) is 6.45. The monoisotopic (exact) mass is 497 g/mol. The van der Waals surface area contributed by atoms with E-state index < -0.39 is 11.5 Å². The molecule has 3 aromatic rings. The van der Waals surface area contributed by atoms with E-state index in [4.69, 9.17) is 11.6 Å². The van der Waals surface area contributed by atoms with Gasteiger partial charge in [0.15, 0.2) is 11.4 Å². The quantitative estimate of drug-likeness (QED) is 0.457. The zero-order chi connectivity index (χ0) is 22.3. The van der Waals surface area contributed by atoms with Gasteiger partial charge in [-0.1, -0.05) is 51.3 Å². The number of nitrogens with zero attached hydrogens (tertiary/aromatic N) is 1. The summed E-state index contributed by atoms with van der Waals surface area (Å²) in [7, 11) is 0. The number of aryl methyl sites for hydroxylation is 2. The molecule has 158 valence electrons. The van der Waals surface area contributed by atoms with Crippen molar-refractivity contribution in [3.05, 3.63) is 98.0 Å². The number of amides is 1. The molecule has 1 atom stereocenters.